The topological polar surface area (TPSA) is 84.8 Å². The van der Waals surface area contributed by atoms with E-state index in [1.807, 2.05) is 97.9 Å². The number of benzene rings is 4. The van der Waals surface area contributed by atoms with Crippen LogP contribution in [0.15, 0.2) is 137 Å². The van der Waals surface area contributed by atoms with Gasteiger partial charge in [-0.15, -0.1) is 0 Å². The third-order valence-electron chi connectivity index (χ3n) is 6.62. The van der Waals surface area contributed by atoms with Crippen molar-refractivity contribution in [2.45, 2.75) is 6.92 Å². The van der Waals surface area contributed by atoms with E-state index in [4.69, 9.17) is 9.48 Å². The van der Waals surface area contributed by atoms with Gasteiger partial charge < -0.3 is 10.1 Å². The van der Waals surface area contributed by atoms with Crippen LogP contribution in [0.5, 0.6) is 0 Å². The van der Waals surface area contributed by atoms with Crippen LogP contribution in [0.3, 0.4) is 0 Å². The zero-order valence-corrected chi connectivity index (χ0v) is 23.0. The van der Waals surface area contributed by atoms with Crippen LogP contribution >= 0.6 is 7.05 Å². The molecule has 0 saturated carbocycles. The summed E-state index contributed by atoms with van der Waals surface area (Å²) in [6, 6.07) is 35.6. The molecule has 6 nitrogen and oxygen atoms in total. The van der Waals surface area contributed by atoms with Gasteiger partial charge in [-0.3, -0.25) is 9.59 Å². The molecule has 0 fully saturated rings. The zero-order valence-electron chi connectivity index (χ0n) is 22.1. The molecule has 0 atom stereocenters. The molecular weight excluding hydrogens is 519 g/mol. The number of methoxy groups -OCH3 is 1. The molecule has 4 aromatic rings. The van der Waals surface area contributed by atoms with Crippen LogP contribution < -0.4 is 15.9 Å². The summed E-state index contributed by atoms with van der Waals surface area (Å²) in [6.07, 6.45) is 1.19. The van der Waals surface area contributed by atoms with Crippen molar-refractivity contribution in [1.29, 1.82) is 0 Å². The maximum atomic E-state index is 13.9. The second-order valence-electron chi connectivity index (χ2n) is 9.20. The summed E-state index contributed by atoms with van der Waals surface area (Å²) >= 11 is 0. The van der Waals surface area contributed by atoms with Gasteiger partial charge in [0.25, 0.3) is 11.8 Å². The van der Waals surface area contributed by atoms with E-state index in [-0.39, 0.29) is 5.57 Å². The molecule has 1 aliphatic rings. The van der Waals surface area contributed by atoms with E-state index in [2.05, 4.69) is 5.32 Å². The molecule has 0 aromatic heterocycles. The number of nitrogens with one attached hydrogen (secondary N) is 1. The van der Waals surface area contributed by atoms with Crippen molar-refractivity contribution in [2.24, 2.45) is 4.74 Å². The number of hydrogen-bond acceptors (Lipinski definition) is 4. The summed E-state index contributed by atoms with van der Waals surface area (Å²) in [6.45, 7) is 1.98. The van der Waals surface area contributed by atoms with Gasteiger partial charge in [0, 0.05) is 27.6 Å². The fourth-order valence-electron chi connectivity index (χ4n) is 4.69. The quantitative estimate of drug-likeness (QED) is 0.194. The highest BCUT2D eigenvalue weighted by atomic mass is 31.2. The van der Waals surface area contributed by atoms with Gasteiger partial charge in [0.05, 0.1) is 25.4 Å². The average Bonchev–Trinajstić information content (AvgIpc) is 3.33. The summed E-state index contributed by atoms with van der Waals surface area (Å²) in [5.74, 6) is -1.56. The van der Waals surface area contributed by atoms with Crippen LogP contribution in [-0.2, 0) is 14.3 Å². The monoisotopic (exact) mass is 546 g/mol. The van der Waals surface area contributed by atoms with Crippen molar-refractivity contribution >= 4 is 41.1 Å². The predicted octanol–water partition coefficient (Wildman–Crippen LogP) is 5.59. The number of carbonyl (C=O) groups excluding carboxylic acids is 3. The Kier molecular flexibility index (Phi) is 7.72. The van der Waals surface area contributed by atoms with Crippen LogP contribution in [-0.4, -0.2) is 24.9 Å². The van der Waals surface area contributed by atoms with Gasteiger partial charge in [0.15, 0.2) is 0 Å². The number of hydrogen-bond donors (Lipinski definition) is 1. The molecule has 0 unspecified atom stereocenters. The summed E-state index contributed by atoms with van der Waals surface area (Å²) in [4.78, 5) is 40.2. The molecule has 40 heavy (non-hydrogen) atoms. The van der Waals surface area contributed by atoms with E-state index in [0.29, 0.717) is 16.6 Å². The second-order valence-corrected chi connectivity index (χ2v) is 12.2. The van der Waals surface area contributed by atoms with Crippen LogP contribution in [0.4, 0.5) is 0 Å². The zero-order chi connectivity index (χ0) is 28.1. The SMILES string of the molecule is COC(=O)/C=C1\C(=O)NC(c2ccc(C)cc2)=C1P(=NC(=O)c1ccccc1)(c1ccccc1)c1ccccc1. The number of amides is 2. The van der Waals surface area contributed by atoms with Crippen molar-refractivity contribution in [2.75, 3.05) is 7.11 Å². The van der Waals surface area contributed by atoms with Crippen LogP contribution in [0.25, 0.3) is 5.70 Å². The third kappa shape index (κ3) is 5.09. The van der Waals surface area contributed by atoms with Crippen molar-refractivity contribution in [3.05, 3.63) is 149 Å². The lowest BCUT2D eigenvalue weighted by molar-refractivity contribution is -0.135. The molecule has 1 heterocycles. The third-order valence-corrected chi connectivity index (χ3v) is 10.3. The van der Waals surface area contributed by atoms with E-state index in [0.717, 1.165) is 21.7 Å². The molecule has 0 aliphatic carbocycles. The highest BCUT2D eigenvalue weighted by Crippen LogP contribution is 2.61. The van der Waals surface area contributed by atoms with E-state index in [1.54, 1.807) is 24.3 Å². The summed E-state index contributed by atoms with van der Waals surface area (Å²) < 4.78 is 9.98. The van der Waals surface area contributed by atoms with Gasteiger partial charge >= 0.3 is 5.97 Å². The first-order chi connectivity index (χ1) is 19.4. The fourth-order valence-corrected chi connectivity index (χ4v) is 8.46. The molecule has 0 radical (unpaired) electrons. The largest absolute Gasteiger partial charge is 0.466 e. The minimum atomic E-state index is -3.27. The van der Waals surface area contributed by atoms with Gasteiger partial charge in [-0.25, -0.2) is 9.54 Å². The van der Waals surface area contributed by atoms with Gasteiger partial charge in [0.1, 0.15) is 0 Å². The van der Waals surface area contributed by atoms with Gasteiger partial charge in [-0.1, -0.05) is 109 Å². The molecular formula is C33H27N2O4P. The Morgan fingerprint density at radius 3 is 1.82 bits per heavy atom. The first kappa shape index (κ1) is 26.8. The average molecular weight is 547 g/mol. The Morgan fingerprint density at radius 1 is 0.775 bits per heavy atom. The number of aryl methyl sites for hydroxylation is 1. The Hall–Kier alpha value is -4.80. The number of esters is 1. The van der Waals surface area contributed by atoms with E-state index in [1.165, 1.54) is 13.2 Å². The summed E-state index contributed by atoms with van der Waals surface area (Å²) in [5, 5.41) is 5.01. The van der Waals surface area contributed by atoms with Gasteiger partial charge in [0.2, 0.25) is 0 Å². The lowest BCUT2D eigenvalue weighted by atomic mass is 10.1. The number of rotatable bonds is 6. The molecule has 0 saturated heterocycles. The van der Waals surface area contributed by atoms with Crippen molar-refractivity contribution in [3.8, 4) is 0 Å². The second kappa shape index (κ2) is 11.5. The standard InChI is InChI=1S/C33H27N2O4P/c1-23-18-20-24(21-19-23)30-31(28(33(38)34-30)22-29(36)39-2)40(26-14-8-4-9-15-26,27-16-10-5-11-17-27)35-32(37)25-12-6-3-7-13-25/h3-22H,1-2H3,(H,34,38)/b28-22-. The Labute approximate surface area is 233 Å². The molecule has 5 rings (SSSR count). The normalized spacial score (nSPS) is 14.2. The number of nitrogens with zero attached hydrogens (tertiary/aromatic N) is 1. The molecule has 0 bridgehead atoms. The first-order valence-electron chi connectivity index (χ1n) is 12.7. The molecule has 2 amide bonds. The summed E-state index contributed by atoms with van der Waals surface area (Å²) in [5.41, 5.74) is 2.84. The summed E-state index contributed by atoms with van der Waals surface area (Å²) in [7, 11) is -2.01. The molecule has 1 N–H and O–H groups in total. The lowest BCUT2D eigenvalue weighted by Crippen LogP contribution is -2.21. The van der Waals surface area contributed by atoms with Gasteiger partial charge in [-0.2, -0.15) is 0 Å². The Bertz CT molecular complexity index is 1650. The highest BCUT2D eigenvalue weighted by molar-refractivity contribution is 7.85. The Balaban J connectivity index is 1.98. The van der Waals surface area contributed by atoms with E-state index in [9.17, 15) is 14.4 Å². The number of carbonyl (C=O) groups is 3. The maximum Gasteiger partial charge on any atom is 0.331 e. The van der Waals surface area contributed by atoms with E-state index >= 15 is 0 Å². The van der Waals surface area contributed by atoms with Crippen molar-refractivity contribution < 1.29 is 19.1 Å². The molecule has 198 valence electrons. The number of ether oxygens (including phenoxy) is 1. The molecule has 4 aromatic carbocycles. The molecule has 1 aliphatic heterocycles. The van der Waals surface area contributed by atoms with E-state index < -0.39 is 24.8 Å². The lowest BCUT2D eigenvalue weighted by Gasteiger charge is -2.28. The van der Waals surface area contributed by atoms with Crippen molar-refractivity contribution in [1.82, 2.24) is 5.32 Å². The van der Waals surface area contributed by atoms with Gasteiger partial charge in [-0.05, 0) is 24.6 Å². The fraction of sp³-hybridized carbons (Fsp3) is 0.0606. The van der Waals surface area contributed by atoms with Crippen molar-refractivity contribution in [3.63, 3.8) is 0 Å². The minimum Gasteiger partial charge on any atom is -0.466 e. The first-order valence-corrected chi connectivity index (χ1v) is 14.4. The smallest absolute Gasteiger partial charge is 0.331 e. The highest BCUT2D eigenvalue weighted by Gasteiger charge is 2.42. The van der Waals surface area contributed by atoms with Crippen LogP contribution in [0.2, 0.25) is 0 Å². The molecule has 0 spiro atoms. The van der Waals surface area contributed by atoms with Crippen LogP contribution in [0, 0.1) is 6.92 Å². The minimum absolute atomic E-state index is 0.119. The molecule has 7 heteroatoms. The maximum absolute atomic E-state index is 13.9. The van der Waals surface area contributed by atoms with Crippen LogP contribution in [0.1, 0.15) is 21.5 Å². The predicted molar refractivity (Wildman–Crippen MR) is 159 cm³/mol. The Morgan fingerprint density at radius 2 is 1.30 bits per heavy atom.